The van der Waals surface area contributed by atoms with E-state index in [2.05, 4.69) is 55.5 Å². The van der Waals surface area contributed by atoms with E-state index in [-0.39, 0.29) is 18.9 Å². The van der Waals surface area contributed by atoms with Crippen LogP contribution < -0.4 is 10.2 Å². The quantitative estimate of drug-likeness (QED) is 0.298. The Morgan fingerprint density at radius 3 is 2.50 bits per heavy atom. The molecule has 4 aromatic rings. The van der Waals surface area contributed by atoms with E-state index in [4.69, 9.17) is 26.5 Å². The van der Waals surface area contributed by atoms with Crippen molar-refractivity contribution in [1.29, 1.82) is 0 Å². The number of halogens is 1. The Hall–Kier alpha value is -4.20. The fraction of sp³-hybridized carbons (Fsp3) is 0.433. The molecule has 13 nitrogen and oxygen atoms in total. The zero-order valence-electron chi connectivity index (χ0n) is 24.7. The molecule has 6 heterocycles. The van der Waals surface area contributed by atoms with Crippen molar-refractivity contribution in [3.05, 3.63) is 65.6 Å². The summed E-state index contributed by atoms with van der Waals surface area (Å²) in [5.41, 5.74) is 3.99. The standard InChI is InChI=1S/C29H35ClN10O.CH2O2/c1-35-11-13-36(14-12-35)27(41)20-38-17-23(15-31-38)32-29-33-28-26(3-2-10-40(28)34-29)37-18-24-8-9-25(19-37)39(24)16-21-4-6-22(30)7-5-21;2-1-3/h2-7,10,15,17,24-25H,8-9,11-14,16,18-20H2,1H3,(H,32,34);1H,(H,2,3). The van der Waals surface area contributed by atoms with Crippen molar-refractivity contribution in [2.45, 2.75) is 38.0 Å². The molecule has 3 saturated heterocycles. The van der Waals surface area contributed by atoms with Crippen LogP contribution in [0.4, 0.5) is 17.3 Å². The largest absolute Gasteiger partial charge is 0.483 e. The van der Waals surface area contributed by atoms with Gasteiger partial charge >= 0.3 is 0 Å². The maximum absolute atomic E-state index is 12.7. The van der Waals surface area contributed by atoms with E-state index in [0.29, 0.717) is 18.0 Å². The molecule has 0 aliphatic carbocycles. The topological polar surface area (TPSA) is 127 Å². The molecule has 3 aliphatic rings. The van der Waals surface area contributed by atoms with Crippen LogP contribution in [0.3, 0.4) is 0 Å². The predicted octanol–water partition coefficient (Wildman–Crippen LogP) is 2.65. The van der Waals surface area contributed by atoms with E-state index < -0.39 is 0 Å². The molecular weight excluding hydrogens is 584 g/mol. The van der Waals surface area contributed by atoms with Gasteiger partial charge < -0.3 is 25.1 Å². The lowest BCUT2D eigenvalue weighted by Gasteiger charge is -2.42. The Kier molecular flexibility index (Phi) is 8.96. The zero-order chi connectivity index (χ0) is 30.6. The number of hydrogen-bond donors (Lipinski definition) is 2. The van der Waals surface area contributed by atoms with Crippen molar-refractivity contribution in [3.8, 4) is 0 Å². The van der Waals surface area contributed by atoms with Crippen LogP contribution in [0.25, 0.3) is 5.65 Å². The third kappa shape index (κ3) is 6.64. The second-order valence-corrected chi connectivity index (χ2v) is 12.0. The van der Waals surface area contributed by atoms with Gasteiger partial charge in [-0.2, -0.15) is 10.1 Å². The number of nitrogens with zero attached hydrogens (tertiary/aromatic N) is 9. The Morgan fingerprint density at radius 1 is 1.09 bits per heavy atom. The second-order valence-electron chi connectivity index (χ2n) is 11.5. The van der Waals surface area contributed by atoms with E-state index >= 15 is 0 Å². The number of pyridine rings is 1. The second kappa shape index (κ2) is 13.2. The summed E-state index contributed by atoms with van der Waals surface area (Å²) in [5.74, 6) is 0.595. The molecule has 0 radical (unpaired) electrons. The lowest BCUT2D eigenvalue weighted by atomic mass is 10.1. The first-order chi connectivity index (χ1) is 21.4. The monoisotopic (exact) mass is 620 g/mol. The molecule has 2 unspecified atom stereocenters. The van der Waals surface area contributed by atoms with Crippen LogP contribution in [0, 0.1) is 0 Å². The maximum Gasteiger partial charge on any atom is 0.290 e. The summed E-state index contributed by atoms with van der Waals surface area (Å²) in [4.78, 5) is 35.2. The molecule has 3 aliphatic heterocycles. The summed E-state index contributed by atoms with van der Waals surface area (Å²) in [6.07, 6.45) is 7.89. The van der Waals surface area contributed by atoms with Crippen molar-refractivity contribution < 1.29 is 14.7 Å². The van der Waals surface area contributed by atoms with Crippen molar-refractivity contribution in [2.75, 3.05) is 56.5 Å². The van der Waals surface area contributed by atoms with Crippen LogP contribution in [0.1, 0.15) is 18.4 Å². The van der Waals surface area contributed by atoms with Crippen molar-refractivity contribution >= 4 is 47.0 Å². The van der Waals surface area contributed by atoms with Crippen LogP contribution >= 0.6 is 11.6 Å². The summed E-state index contributed by atoms with van der Waals surface area (Å²) in [6, 6.07) is 13.4. The van der Waals surface area contributed by atoms with Gasteiger partial charge in [0.1, 0.15) is 6.54 Å². The van der Waals surface area contributed by atoms with Crippen molar-refractivity contribution in [3.63, 3.8) is 0 Å². The number of carbonyl (C=O) groups excluding carboxylic acids is 1. The van der Waals surface area contributed by atoms with E-state index in [9.17, 15) is 4.79 Å². The fourth-order valence-corrected chi connectivity index (χ4v) is 6.50. The van der Waals surface area contributed by atoms with E-state index in [1.165, 1.54) is 18.4 Å². The molecule has 14 heteroatoms. The van der Waals surface area contributed by atoms with Gasteiger partial charge in [0.25, 0.3) is 6.47 Å². The summed E-state index contributed by atoms with van der Waals surface area (Å²) >= 11 is 6.10. The molecule has 3 fully saturated rings. The van der Waals surface area contributed by atoms with Gasteiger partial charge in [0.2, 0.25) is 11.9 Å². The number of hydrogen-bond acceptors (Lipinski definition) is 9. The van der Waals surface area contributed by atoms with Gasteiger partial charge in [-0.25, -0.2) is 4.52 Å². The number of benzene rings is 1. The zero-order valence-corrected chi connectivity index (χ0v) is 25.4. The van der Waals surface area contributed by atoms with Crippen molar-refractivity contribution in [1.82, 2.24) is 39.1 Å². The summed E-state index contributed by atoms with van der Waals surface area (Å²) < 4.78 is 3.50. The Morgan fingerprint density at radius 2 is 1.80 bits per heavy atom. The van der Waals surface area contributed by atoms with Crippen LogP contribution in [-0.4, -0.2) is 115 Å². The summed E-state index contributed by atoms with van der Waals surface area (Å²) in [5, 5.41) is 20.0. The lowest BCUT2D eigenvalue weighted by molar-refractivity contribution is -0.133. The molecule has 2 N–H and O–H groups in total. The van der Waals surface area contributed by atoms with Crippen LogP contribution in [0.5, 0.6) is 0 Å². The predicted molar refractivity (Wildman–Crippen MR) is 167 cm³/mol. The summed E-state index contributed by atoms with van der Waals surface area (Å²) in [6.45, 7) is 6.18. The molecule has 232 valence electrons. The first kappa shape index (κ1) is 29.9. The number of likely N-dealkylation sites (N-methyl/N-ethyl adjacent to an activating group) is 1. The maximum atomic E-state index is 12.7. The molecule has 44 heavy (non-hydrogen) atoms. The third-order valence-electron chi connectivity index (χ3n) is 8.64. The fourth-order valence-electron chi connectivity index (χ4n) is 6.38. The highest BCUT2D eigenvalue weighted by molar-refractivity contribution is 6.30. The van der Waals surface area contributed by atoms with Gasteiger partial charge in [-0.3, -0.25) is 19.2 Å². The average Bonchev–Trinajstić information content (AvgIpc) is 3.69. The number of rotatable bonds is 7. The number of aromatic nitrogens is 5. The van der Waals surface area contributed by atoms with Gasteiger partial charge in [-0.05, 0) is 49.7 Å². The van der Waals surface area contributed by atoms with Crippen LogP contribution in [0.2, 0.25) is 5.02 Å². The minimum Gasteiger partial charge on any atom is -0.483 e. The number of anilines is 3. The minimum atomic E-state index is -0.250. The highest BCUT2D eigenvalue weighted by atomic mass is 35.5. The number of piperazine rings is 2. The molecular formula is C30H37ClN10O3. The van der Waals surface area contributed by atoms with E-state index in [1.807, 2.05) is 40.0 Å². The Bertz CT molecular complexity index is 1570. The number of fused-ring (bicyclic) bond motifs is 3. The number of carboxylic acid groups (broad SMARTS) is 1. The Balaban J connectivity index is 0.00000110. The Labute approximate surface area is 260 Å². The smallest absolute Gasteiger partial charge is 0.290 e. The number of carbonyl (C=O) groups is 2. The third-order valence-corrected chi connectivity index (χ3v) is 8.89. The van der Waals surface area contributed by atoms with Gasteiger partial charge in [-0.1, -0.05) is 23.7 Å². The van der Waals surface area contributed by atoms with E-state index in [0.717, 1.165) is 67.9 Å². The molecule has 0 saturated carbocycles. The highest BCUT2D eigenvalue weighted by Crippen LogP contribution is 2.35. The van der Waals surface area contributed by atoms with Crippen molar-refractivity contribution in [2.24, 2.45) is 0 Å². The molecule has 2 atom stereocenters. The molecule has 0 spiro atoms. The summed E-state index contributed by atoms with van der Waals surface area (Å²) in [7, 11) is 2.08. The van der Waals surface area contributed by atoms with E-state index in [1.54, 1.807) is 10.9 Å². The molecule has 3 aromatic heterocycles. The first-order valence-corrected chi connectivity index (χ1v) is 15.2. The minimum absolute atomic E-state index is 0.0884. The molecule has 1 aromatic carbocycles. The highest BCUT2D eigenvalue weighted by Gasteiger charge is 2.40. The first-order valence-electron chi connectivity index (χ1n) is 14.8. The average molecular weight is 621 g/mol. The van der Waals surface area contributed by atoms with Gasteiger partial charge in [0, 0.05) is 75.3 Å². The number of nitrogens with one attached hydrogen (secondary N) is 1. The van der Waals surface area contributed by atoms with Gasteiger partial charge in [0.15, 0.2) is 5.65 Å². The van der Waals surface area contributed by atoms with Gasteiger partial charge in [0.05, 0.1) is 17.6 Å². The molecule has 2 bridgehead atoms. The van der Waals surface area contributed by atoms with Gasteiger partial charge in [-0.15, -0.1) is 5.10 Å². The normalized spacial score (nSPS) is 20.4. The van der Waals surface area contributed by atoms with Crippen LogP contribution in [-0.2, 0) is 22.7 Å². The SMILES string of the molecule is CN1CCN(C(=O)Cn2cc(Nc3nc4c(N5CC6CCC(C5)N6Cc5ccc(Cl)cc5)cccn4n3)cn2)CC1.O=CO. The number of amides is 1. The lowest BCUT2D eigenvalue weighted by Crippen LogP contribution is -2.53. The molecule has 1 amide bonds. The van der Waals surface area contributed by atoms with Crippen LogP contribution in [0.15, 0.2) is 55.0 Å². The molecule has 7 rings (SSSR count).